The maximum absolute atomic E-state index is 12.8. The van der Waals surface area contributed by atoms with Crippen molar-refractivity contribution >= 4 is 39.0 Å². The Balaban J connectivity index is 2.36. The second kappa shape index (κ2) is 10.5. The number of H-pyrrole nitrogens is 1. The molecule has 2 aromatic rings. The van der Waals surface area contributed by atoms with E-state index < -0.39 is 11.2 Å². The fourth-order valence-corrected chi connectivity index (χ4v) is 3.70. The maximum Gasteiger partial charge on any atom is 0.330 e. The summed E-state index contributed by atoms with van der Waals surface area (Å²) in [6, 6.07) is 5.57. The lowest BCUT2D eigenvalue weighted by molar-refractivity contribution is -0.115. The molecule has 0 atom stereocenters. The first-order valence-corrected chi connectivity index (χ1v) is 10.9. The van der Waals surface area contributed by atoms with Crippen molar-refractivity contribution < 1.29 is 4.79 Å². The van der Waals surface area contributed by atoms with Gasteiger partial charge in [0, 0.05) is 23.2 Å². The van der Waals surface area contributed by atoms with E-state index >= 15 is 0 Å². The Kier molecular flexibility index (Phi) is 8.28. The first-order valence-electron chi connectivity index (χ1n) is 10.1. The summed E-state index contributed by atoms with van der Waals surface area (Å²) in [4.78, 5) is 41.6. The number of hydrogen-bond acceptors (Lipinski definition) is 5. The molecule has 1 aromatic carbocycles. The average molecular weight is 480 g/mol. The number of nitrogens with one attached hydrogen (secondary N) is 2. The molecule has 0 aliphatic carbocycles. The topological polar surface area (TPSA) is 113 Å². The SMILES string of the molecule is CCCCn1c(N)c(N(CC(=O)Nc2ccc(Br)cc2C)CC(C)C)c(=O)[nH]c1=O. The summed E-state index contributed by atoms with van der Waals surface area (Å²) in [6.45, 7) is 8.66. The van der Waals surface area contributed by atoms with Gasteiger partial charge < -0.3 is 16.0 Å². The molecule has 0 radical (unpaired) electrons. The zero-order chi connectivity index (χ0) is 22.4. The van der Waals surface area contributed by atoms with Gasteiger partial charge in [0.2, 0.25) is 5.91 Å². The van der Waals surface area contributed by atoms with E-state index in [1.165, 1.54) is 4.57 Å². The quantitative estimate of drug-likeness (QED) is 0.511. The summed E-state index contributed by atoms with van der Waals surface area (Å²) >= 11 is 3.41. The number of nitrogens with zero attached hydrogens (tertiary/aromatic N) is 2. The molecule has 0 saturated carbocycles. The number of halogens is 1. The van der Waals surface area contributed by atoms with Crippen LogP contribution < -0.4 is 27.2 Å². The van der Waals surface area contributed by atoms with E-state index in [-0.39, 0.29) is 29.9 Å². The number of aromatic amines is 1. The van der Waals surface area contributed by atoms with E-state index in [9.17, 15) is 14.4 Å². The Morgan fingerprint density at radius 3 is 2.63 bits per heavy atom. The average Bonchev–Trinajstić information content (AvgIpc) is 2.63. The molecule has 0 fully saturated rings. The van der Waals surface area contributed by atoms with Crippen LogP contribution in [0.15, 0.2) is 32.3 Å². The van der Waals surface area contributed by atoms with Crippen molar-refractivity contribution in [1.82, 2.24) is 9.55 Å². The Labute approximate surface area is 184 Å². The molecule has 0 aliphatic heterocycles. The molecule has 1 amide bonds. The lowest BCUT2D eigenvalue weighted by Crippen LogP contribution is -2.43. The Morgan fingerprint density at radius 1 is 1.33 bits per heavy atom. The predicted octanol–water partition coefficient (Wildman–Crippen LogP) is 3.09. The van der Waals surface area contributed by atoms with Crippen molar-refractivity contribution in [3.05, 3.63) is 49.1 Å². The van der Waals surface area contributed by atoms with Crippen LogP contribution in [-0.2, 0) is 11.3 Å². The van der Waals surface area contributed by atoms with Crippen LogP contribution in [0.25, 0.3) is 0 Å². The minimum Gasteiger partial charge on any atom is -0.383 e. The van der Waals surface area contributed by atoms with E-state index in [1.54, 1.807) is 4.90 Å². The maximum atomic E-state index is 12.8. The van der Waals surface area contributed by atoms with Crippen LogP contribution in [0.3, 0.4) is 0 Å². The van der Waals surface area contributed by atoms with Gasteiger partial charge in [0.15, 0.2) is 0 Å². The molecule has 9 heteroatoms. The normalized spacial score (nSPS) is 11.0. The largest absolute Gasteiger partial charge is 0.383 e. The van der Waals surface area contributed by atoms with Gasteiger partial charge in [-0.2, -0.15) is 0 Å². The fourth-order valence-electron chi connectivity index (χ4n) is 3.23. The Morgan fingerprint density at radius 2 is 2.03 bits per heavy atom. The Bertz CT molecular complexity index is 1010. The smallest absolute Gasteiger partial charge is 0.330 e. The first kappa shape index (κ1) is 23.7. The van der Waals surface area contributed by atoms with Gasteiger partial charge in [-0.25, -0.2) is 4.79 Å². The van der Waals surface area contributed by atoms with Crippen LogP contribution in [0.2, 0.25) is 0 Å². The highest BCUT2D eigenvalue weighted by Crippen LogP contribution is 2.21. The van der Waals surface area contributed by atoms with Crippen molar-refractivity contribution in [2.24, 2.45) is 5.92 Å². The fraction of sp³-hybridized carbons (Fsp3) is 0.476. The zero-order valence-electron chi connectivity index (χ0n) is 17.9. The van der Waals surface area contributed by atoms with Crippen molar-refractivity contribution in [1.29, 1.82) is 0 Å². The molecule has 0 saturated heterocycles. The first-order chi connectivity index (χ1) is 14.1. The number of amides is 1. The minimum atomic E-state index is -0.585. The molecule has 164 valence electrons. The second-order valence-corrected chi connectivity index (χ2v) is 8.70. The van der Waals surface area contributed by atoms with E-state index in [4.69, 9.17) is 5.73 Å². The lowest BCUT2D eigenvalue weighted by Gasteiger charge is -2.27. The van der Waals surface area contributed by atoms with Crippen LogP contribution >= 0.6 is 15.9 Å². The number of nitrogen functional groups attached to an aromatic ring is 1. The molecule has 0 bridgehead atoms. The molecule has 0 unspecified atom stereocenters. The molecular weight excluding hydrogens is 450 g/mol. The van der Waals surface area contributed by atoms with Gasteiger partial charge in [-0.1, -0.05) is 43.1 Å². The highest BCUT2D eigenvalue weighted by atomic mass is 79.9. The van der Waals surface area contributed by atoms with Crippen molar-refractivity contribution in [2.45, 2.75) is 47.1 Å². The van der Waals surface area contributed by atoms with Gasteiger partial charge in [0.1, 0.15) is 11.5 Å². The molecule has 4 N–H and O–H groups in total. The van der Waals surface area contributed by atoms with E-state index in [2.05, 4.69) is 26.2 Å². The summed E-state index contributed by atoms with van der Waals surface area (Å²) in [5.74, 6) is -0.0151. The molecular formula is C21H30BrN5O3. The summed E-state index contributed by atoms with van der Waals surface area (Å²) in [6.07, 6.45) is 1.63. The van der Waals surface area contributed by atoms with Crippen LogP contribution in [0.1, 0.15) is 39.2 Å². The lowest BCUT2D eigenvalue weighted by atomic mass is 10.2. The summed E-state index contributed by atoms with van der Waals surface area (Å²) in [7, 11) is 0. The minimum absolute atomic E-state index is 0.0626. The molecule has 0 aliphatic rings. The monoisotopic (exact) mass is 479 g/mol. The van der Waals surface area contributed by atoms with Gasteiger partial charge in [-0.15, -0.1) is 0 Å². The molecule has 1 heterocycles. The van der Waals surface area contributed by atoms with E-state index in [1.807, 2.05) is 45.9 Å². The number of rotatable bonds is 9. The highest BCUT2D eigenvalue weighted by Gasteiger charge is 2.22. The summed E-state index contributed by atoms with van der Waals surface area (Å²) in [5.41, 5.74) is 6.88. The number of carbonyl (C=O) groups excluding carboxylic acids is 1. The van der Waals surface area contributed by atoms with Crippen molar-refractivity contribution in [3.8, 4) is 0 Å². The summed E-state index contributed by atoms with van der Waals surface area (Å²) < 4.78 is 2.29. The van der Waals surface area contributed by atoms with E-state index in [0.29, 0.717) is 18.8 Å². The van der Waals surface area contributed by atoms with Gasteiger partial charge in [-0.05, 0) is 43.0 Å². The number of aryl methyl sites for hydroxylation is 1. The van der Waals surface area contributed by atoms with Gasteiger partial charge in [0.25, 0.3) is 5.56 Å². The third-order valence-electron chi connectivity index (χ3n) is 4.65. The number of anilines is 3. The number of nitrogens with two attached hydrogens (primary N) is 1. The number of benzene rings is 1. The highest BCUT2D eigenvalue weighted by molar-refractivity contribution is 9.10. The number of aromatic nitrogens is 2. The van der Waals surface area contributed by atoms with Crippen LogP contribution in [-0.4, -0.2) is 28.5 Å². The Hall–Kier alpha value is -2.55. The summed E-state index contributed by atoms with van der Waals surface area (Å²) in [5, 5.41) is 2.89. The number of unbranched alkanes of at least 4 members (excludes halogenated alkanes) is 1. The zero-order valence-corrected chi connectivity index (χ0v) is 19.5. The van der Waals surface area contributed by atoms with Crippen molar-refractivity contribution in [2.75, 3.05) is 29.0 Å². The molecule has 0 spiro atoms. The molecule has 1 aromatic heterocycles. The molecule has 8 nitrogen and oxygen atoms in total. The third kappa shape index (κ3) is 5.98. The van der Waals surface area contributed by atoms with Crippen LogP contribution in [0.4, 0.5) is 17.2 Å². The van der Waals surface area contributed by atoms with Gasteiger partial charge >= 0.3 is 5.69 Å². The van der Waals surface area contributed by atoms with Gasteiger partial charge in [0.05, 0.1) is 6.54 Å². The van der Waals surface area contributed by atoms with Crippen LogP contribution in [0, 0.1) is 12.8 Å². The molecule has 30 heavy (non-hydrogen) atoms. The number of carbonyl (C=O) groups is 1. The standard InChI is InChI=1S/C21H30BrN5O3/c1-5-6-9-27-19(23)18(20(29)25-21(27)30)26(11-13(2)3)12-17(28)24-16-8-7-15(22)10-14(16)4/h7-8,10,13H,5-6,9,11-12,23H2,1-4H3,(H,24,28)(H,25,29,30). The van der Waals surface area contributed by atoms with Crippen LogP contribution in [0.5, 0.6) is 0 Å². The van der Waals surface area contributed by atoms with E-state index in [0.717, 1.165) is 22.9 Å². The second-order valence-electron chi connectivity index (χ2n) is 7.78. The predicted molar refractivity (Wildman–Crippen MR) is 125 cm³/mol. The number of hydrogen-bond donors (Lipinski definition) is 3. The van der Waals surface area contributed by atoms with Gasteiger partial charge in [-0.3, -0.25) is 19.1 Å². The third-order valence-corrected chi connectivity index (χ3v) is 5.14. The molecule has 2 rings (SSSR count). The van der Waals surface area contributed by atoms with Crippen molar-refractivity contribution in [3.63, 3.8) is 0 Å².